The van der Waals surface area contributed by atoms with E-state index in [1.54, 1.807) is 6.07 Å². The largest absolute Gasteiger partial charge is 0.510 e. The summed E-state index contributed by atoms with van der Waals surface area (Å²) in [5.74, 6) is -1.59. The molecule has 0 unspecified atom stereocenters. The van der Waals surface area contributed by atoms with Crippen molar-refractivity contribution in [2.75, 3.05) is 4.31 Å². The summed E-state index contributed by atoms with van der Waals surface area (Å²) in [5.41, 5.74) is -6.27. The van der Waals surface area contributed by atoms with Gasteiger partial charge in [0.25, 0.3) is 15.7 Å². The number of allylic oxidation sites excluding steroid dienone is 1. The topological polar surface area (TPSA) is 98.5 Å². The molecule has 1 amide bonds. The van der Waals surface area contributed by atoms with Crippen LogP contribution in [0.25, 0.3) is 0 Å². The van der Waals surface area contributed by atoms with Gasteiger partial charge in [-0.15, -0.1) is 0 Å². The van der Waals surface area contributed by atoms with Gasteiger partial charge < -0.3 is 5.11 Å². The molecular weight excluding hydrogens is 393 g/mol. The molecular formula is C15H13F3N2O4S2. The summed E-state index contributed by atoms with van der Waals surface area (Å²) in [6.45, 7) is 1.14. The number of amides is 1. The number of aliphatic hydroxyl groups excluding tert-OH is 1. The Morgan fingerprint density at radius 1 is 1.38 bits per heavy atom. The zero-order valence-corrected chi connectivity index (χ0v) is 15.0. The minimum Gasteiger partial charge on any atom is -0.510 e. The maximum Gasteiger partial charge on any atom is 0.501 e. The summed E-state index contributed by atoms with van der Waals surface area (Å²) in [6, 6.07) is 4.28. The molecule has 0 atom stereocenters. The Hall–Kier alpha value is -2.19. The zero-order chi connectivity index (χ0) is 19.9. The molecule has 0 spiro atoms. The highest BCUT2D eigenvalue weighted by Gasteiger charge is 2.47. The molecule has 2 rings (SSSR count). The second-order valence-electron chi connectivity index (χ2n) is 5.66. The molecule has 0 heterocycles. The number of anilines is 1. The summed E-state index contributed by atoms with van der Waals surface area (Å²) in [6.07, 6.45) is 1.28. The number of hydrogen-bond donors (Lipinski definition) is 2. The van der Waals surface area contributed by atoms with Crippen molar-refractivity contribution in [3.05, 3.63) is 35.1 Å². The number of carbonyl (C=O) groups is 1. The highest BCUT2D eigenvalue weighted by atomic mass is 32.2. The fourth-order valence-corrected chi connectivity index (χ4v) is 3.39. The van der Waals surface area contributed by atoms with Gasteiger partial charge in [0.2, 0.25) is 0 Å². The third kappa shape index (κ3) is 3.66. The van der Waals surface area contributed by atoms with Gasteiger partial charge >= 0.3 is 5.51 Å². The van der Waals surface area contributed by atoms with E-state index in [-0.39, 0.29) is 22.9 Å². The van der Waals surface area contributed by atoms with Crippen molar-refractivity contribution in [2.24, 2.45) is 5.92 Å². The number of benzene rings is 1. The summed E-state index contributed by atoms with van der Waals surface area (Å²) in [5, 5.41) is 19.0. The van der Waals surface area contributed by atoms with Crippen LogP contribution in [-0.4, -0.2) is 24.9 Å². The van der Waals surface area contributed by atoms with Gasteiger partial charge in [0, 0.05) is 5.92 Å². The first kappa shape index (κ1) is 20.1. The van der Waals surface area contributed by atoms with Gasteiger partial charge in [0.05, 0.1) is 10.6 Å². The van der Waals surface area contributed by atoms with Gasteiger partial charge in [-0.2, -0.15) is 18.4 Å². The molecule has 140 valence electrons. The number of halogens is 3. The SMILES string of the molecule is Cc1cc(N(S)C(=O)C(C#N)=C(O)C2CC2)ccc1S(=O)(=O)C(F)(F)F. The molecule has 1 aliphatic carbocycles. The highest BCUT2D eigenvalue weighted by Crippen LogP contribution is 2.37. The molecule has 11 heteroatoms. The van der Waals surface area contributed by atoms with Gasteiger partial charge in [0.1, 0.15) is 11.8 Å². The van der Waals surface area contributed by atoms with Crippen LogP contribution >= 0.6 is 12.8 Å². The van der Waals surface area contributed by atoms with Crippen LogP contribution in [0.3, 0.4) is 0 Å². The molecule has 1 aromatic carbocycles. The van der Waals surface area contributed by atoms with E-state index in [0.29, 0.717) is 23.2 Å². The summed E-state index contributed by atoms with van der Waals surface area (Å²) >= 11 is 3.92. The number of nitriles is 1. The number of alkyl halides is 3. The molecule has 0 saturated heterocycles. The number of carbonyl (C=O) groups excluding carboxylic acids is 1. The minimum absolute atomic E-state index is 0.0479. The molecule has 1 fully saturated rings. The Kier molecular flexibility index (Phi) is 5.30. The van der Waals surface area contributed by atoms with Crippen molar-refractivity contribution >= 4 is 34.2 Å². The van der Waals surface area contributed by atoms with Crippen LogP contribution in [0.5, 0.6) is 0 Å². The lowest BCUT2D eigenvalue weighted by Crippen LogP contribution is -2.25. The second kappa shape index (κ2) is 6.85. The van der Waals surface area contributed by atoms with E-state index < -0.39 is 31.7 Å². The first-order valence-corrected chi connectivity index (χ1v) is 9.08. The molecule has 0 radical (unpaired) electrons. The van der Waals surface area contributed by atoms with Crippen molar-refractivity contribution in [1.29, 1.82) is 5.26 Å². The Morgan fingerprint density at radius 2 is 1.96 bits per heavy atom. The molecule has 26 heavy (non-hydrogen) atoms. The molecule has 0 bridgehead atoms. The monoisotopic (exact) mass is 406 g/mol. The van der Waals surface area contributed by atoms with Crippen LogP contribution in [0.2, 0.25) is 0 Å². The number of aryl methyl sites for hydroxylation is 1. The quantitative estimate of drug-likeness (QED) is 0.346. The van der Waals surface area contributed by atoms with Crippen LogP contribution < -0.4 is 4.31 Å². The second-order valence-corrected chi connectivity index (χ2v) is 7.97. The van der Waals surface area contributed by atoms with Crippen molar-refractivity contribution in [1.82, 2.24) is 0 Å². The van der Waals surface area contributed by atoms with Crippen molar-refractivity contribution in [3.63, 3.8) is 0 Å². The first-order valence-electron chi connectivity index (χ1n) is 7.20. The van der Waals surface area contributed by atoms with Crippen LogP contribution in [-0.2, 0) is 14.6 Å². The average Bonchev–Trinajstić information content (AvgIpc) is 3.37. The first-order chi connectivity index (χ1) is 11.9. The number of nitrogens with zero attached hydrogens (tertiary/aromatic N) is 2. The normalized spacial score (nSPS) is 15.8. The molecule has 1 N–H and O–H groups in total. The van der Waals surface area contributed by atoms with Crippen molar-refractivity contribution < 1.29 is 31.5 Å². The minimum atomic E-state index is -5.54. The van der Waals surface area contributed by atoms with E-state index in [2.05, 4.69) is 12.8 Å². The lowest BCUT2D eigenvalue weighted by atomic mass is 10.1. The Bertz CT molecular complexity index is 929. The fraction of sp³-hybridized carbons (Fsp3) is 0.333. The maximum absolute atomic E-state index is 12.7. The number of rotatable bonds is 4. The molecule has 0 aliphatic heterocycles. The maximum atomic E-state index is 12.7. The third-order valence-electron chi connectivity index (χ3n) is 3.74. The predicted octanol–water partition coefficient (Wildman–Crippen LogP) is 3.21. The Balaban J connectivity index is 2.39. The van der Waals surface area contributed by atoms with Gasteiger partial charge in [-0.25, -0.2) is 8.42 Å². The molecule has 1 aromatic rings. The van der Waals surface area contributed by atoms with E-state index in [1.807, 2.05) is 0 Å². The number of sulfone groups is 1. The highest BCUT2D eigenvalue weighted by molar-refractivity contribution is 7.92. The lowest BCUT2D eigenvalue weighted by Gasteiger charge is -2.18. The zero-order valence-electron chi connectivity index (χ0n) is 13.3. The van der Waals surface area contributed by atoms with E-state index in [4.69, 9.17) is 5.26 Å². The molecule has 1 aliphatic rings. The standard InChI is InChI=1S/C15H13F3N2O4S2/c1-8-6-10(4-5-12(8)26(23,24)15(16,17)18)20(25)14(22)11(7-19)13(21)9-2-3-9/h4-6,9,21,25H,2-3H2,1H3. The van der Waals surface area contributed by atoms with Crippen LogP contribution in [0.4, 0.5) is 18.9 Å². The molecule has 0 aromatic heterocycles. The Morgan fingerprint density at radius 3 is 2.38 bits per heavy atom. The summed E-state index contributed by atoms with van der Waals surface area (Å²) < 4.78 is 61.7. The van der Waals surface area contributed by atoms with Crippen molar-refractivity contribution in [2.45, 2.75) is 30.2 Å². The van der Waals surface area contributed by atoms with E-state index in [9.17, 15) is 31.5 Å². The molecule has 6 nitrogen and oxygen atoms in total. The van der Waals surface area contributed by atoms with E-state index in [1.165, 1.54) is 0 Å². The lowest BCUT2D eigenvalue weighted by molar-refractivity contribution is -0.113. The van der Waals surface area contributed by atoms with Gasteiger partial charge in [-0.1, -0.05) is 12.8 Å². The number of aliphatic hydroxyl groups is 1. The molecule has 1 saturated carbocycles. The number of hydrogen-bond acceptors (Lipinski definition) is 6. The average molecular weight is 406 g/mol. The van der Waals surface area contributed by atoms with Gasteiger partial charge in [0.15, 0.2) is 5.57 Å². The van der Waals surface area contributed by atoms with Crippen LogP contribution in [0.15, 0.2) is 34.4 Å². The third-order valence-corrected chi connectivity index (χ3v) is 5.79. The summed E-state index contributed by atoms with van der Waals surface area (Å²) in [4.78, 5) is 11.4. The van der Waals surface area contributed by atoms with E-state index >= 15 is 0 Å². The van der Waals surface area contributed by atoms with E-state index in [0.717, 1.165) is 19.1 Å². The van der Waals surface area contributed by atoms with Crippen LogP contribution in [0, 0.1) is 24.2 Å². The van der Waals surface area contributed by atoms with Crippen LogP contribution in [0.1, 0.15) is 18.4 Å². The smallest absolute Gasteiger partial charge is 0.501 e. The Labute approximate surface area is 153 Å². The van der Waals surface area contributed by atoms with Gasteiger partial charge in [-0.3, -0.25) is 9.10 Å². The predicted molar refractivity (Wildman–Crippen MR) is 88.9 cm³/mol. The van der Waals surface area contributed by atoms with Crippen molar-refractivity contribution in [3.8, 4) is 6.07 Å². The fourth-order valence-electron chi connectivity index (χ4n) is 2.19. The van der Waals surface area contributed by atoms with Gasteiger partial charge in [-0.05, 0) is 43.5 Å². The number of thiol groups is 1. The summed E-state index contributed by atoms with van der Waals surface area (Å²) in [7, 11) is -5.54.